The zero-order chi connectivity index (χ0) is 18.2. The minimum Gasteiger partial charge on any atom is -0.497 e. The first-order valence-electron chi connectivity index (χ1n) is 7.73. The fraction of sp³-hybridized carbons (Fsp3) is 0.353. The van der Waals surface area contributed by atoms with Gasteiger partial charge in [0.25, 0.3) is 5.91 Å². The molecule has 1 aromatic heterocycles. The van der Waals surface area contributed by atoms with Crippen molar-refractivity contribution in [1.29, 1.82) is 0 Å². The van der Waals surface area contributed by atoms with Crippen molar-refractivity contribution in [2.24, 2.45) is 0 Å². The quantitative estimate of drug-likeness (QED) is 0.725. The summed E-state index contributed by atoms with van der Waals surface area (Å²) in [4.78, 5) is 27.8. The summed E-state index contributed by atoms with van der Waals surface area (Å²) in [6.07, 6.45) is -0.639. The number of ether oxygens (including phenoxy) is 3. The van der Waals surface area contributed by atoms with E-state index < -0.39 is 6.10 Å². The maximum Gasteiger partial charge on any atom is 0.311 e. The lowest BCUT2D eigenvalue weighted by molar-refractivity contribution is -0.142. The van der Waals surface area contributed by atoms with Crippen molar-refractivity contribution in [2.75, 3.05) is 19.0 Å². The van der Waals surface area contributed by atoms with E-state index in [4.69, 9.17) is 14.2 Å². The van der Waals surface area contributed by atoms with E-state index in [1.54, 1.807) is 50.6 Å². The molecule has 1 heterocycles. The van der Waals surface area contributed by atoms with Crippen LogP contribution in [0.3, 0.4) is 0 Å². The summed E-state index contributed by atoms with van der Waals surface area (Å²) in [7, 11) is 1.56. The van der Waals surface area contributed by atoms with Gasteiger partial charge in [-0.1, -0.05) is 6.07 Å². The van der Waals surface area contributed by atoms with Crippen molar-refractivity contribution < 1.29 is 23.8 Å². The molecular formula is C17H20N2O5S. The highest BCUT2D eigenvalue weighted by Gasteiger charge is 2.17. The molecule has 1 unspecified atom stereocenters. The molecule has 0 bridgehead atoms. The number of anilines is 1. The second kappa shape index (κ2) is 9.03. The van der Waals surface area contributed by atoms with Crippen LogP contribution in [0.25, 0.3) is 0 Å². The van der Waals surface area contributed by atoms with Gasteiger partial charge in [-0.2, -0.15) is 0 Å². The zero-order valence-electron chi connectivity index (χ0n) is 14.3. The Labute approximate surface area is 149 Å². The van der Waals surface area contributed by atoms with Crippen LogP contribution in [0, 0.1) is 0 Å². The van der Waals surface area contributed by atoms with Gasteiger partial charge in [-0.25, -0.2) is 4.98 Å². The molecule has 134 valence electrons. The predicted molar refractivity (Wildman–Crippen MR) is 94.2 cm³/mol. The maximum absolute atomic E-state index is 12.2. The lowest BCUT2D eigenvalue weighted by atomic mass is 10.3. The molecule has 0 saturated heterocycles. The van der Waals surface area contributed by atoms with Crippen LogP contribution in [0.1, 0.15) is 19.5 Å². The zero-order valence-corrected chi connectivity index (χ0v) is 15.1. The highest BCUT2D eigenvalue weighted by molar-refractivity contribution is 7.13. The smallest absolute Gasteiger partial charge is 0.311 e. The third-order valence-electron chi connectivity index (χ3n) is 3.14. The van der Waals surface area contributed by atoms with Crippen LogP contribution in [-0.4, -0.2) is 36.7 Å². The fourth-order valence-corrected chi connectivity index (χ4v) is 2.66. The Kier molecular flexibility index (Phi) is 6.76. The molecule has 1 atom stereocenters. The average Bonchev–Trinajstić information content (AvgIpc) is 3.01. The van der Waals surface area contributed by atoms with Gasteiger partial charge < -0.3 is 14.2 Å². The number of hydrogen-bond acceptors (Lipinski definition) is 7. The number of carbonyl (C=O) groups is 2. The van der Waals surface area contributed by atoms with Crippen LogP contribution in [0.5, 0.6) is 11.5 Å². The van der Waals surface area contributed by atoms with Crippen LogP contribution in [-0.2, 0) is 20.7 Å². The van der Waals surface area contributed by atoms with Crippen molar-refractivity contribution >= 4 is 28.3 Å². The molecule has 0 radical (unpaired) electrons. The summed E-state index contributed by atoms with van der Waals surface area (Å²) in [5.41, 5.74) is 0.556. The Balaban J connectivity index is 1.90. The maximum atomic E-state index is 12.2. The van der Waals surface area contributed by atoms with Gasteiger partial charge >= 0.3 is 5.97 Å². The lowest BCUT2D eigenvalue weighted by Crippen LogP contribution is -2.30. The first kappa shape index (κ1) is 18.7. The van der Waals surface area contributed by atoms with Gasteiger partial charge in [0.2, 0.25) is 0 Å². The summed E-state index contributed by atoms with van der Waals surface area (Å²) in [5.74, 6) is 0.498. The minimum absolute atomic E-state index is 0.0794. The normalized spacial score (nSPS) is 11.5. The Hall–Kier alpha value is -2.61. The molecule has 0 aliphatic rings. The van der Waals surface area contributed by atoms with E-state index in [0.29, 0.717) is 28.9 Å². The molecule has 0 aliphatic carbocycles. The molecule has 25 heavy (non-hydrogen) atoms. The van der Waals surface area contributed by atoms with Gasteiger partial charge in [-0.15, -0.1) is 11.3 Å². The third kappa shape index (κ3) is 5.75. The molecule has 2 rings (SSSR count). The lowest BCUT2D eigenvalue weighted by Gasteiger charge is -2.14. The molecular weight excluding hydrogens is 344 g/mol. The number of rotatable bonds is 8. The predicted octanol–water partition coefficient (Wildman–Crippen LogP) is 2.66. The summed E-state index contributed by atoms with van der Waals surface area (Å²) in [5, 5.41) is 4.79. The molecule has 1 amide bonds. The van der Waals surface area contributed by atoms with Crippen LogP contribution < -0.4 is 14.8 Å². The van der Waals surface area contributed by atoms with Gasteiger partial charge in [0.1, 0.15) is 11.5 Å². The van der Waals surface area contributed by atoms with E-state index in [-0.39, 0.29) is 18.3 Å². The number of methoxy groups -OCH3 is 1. The van der Waals surface area contributed by atoms with Crippen molar-refractivity contribution in [1.82, 2.24) is 4.98 Å². The first-order chi connectivity index (χ1) is 12.0. The fourth-order valence-electron chi connectivity index (χ4n) is 1.94. The van der Waals surface area contributed by atoms with E-state index in [1.165, 1.54) is 11.3 Å². The third-order valence-corrected chi connectivity index (χ3v) is 3.94. The molecule has 2 aromatic rings. The van der Waals surface area contributed by atoms with E-state index in [9.17, 15) is 9.59 Å². The molecule has 0 fully saturated rings. The first-order valence-corrected chi connectivity index (χ1v) is 8.61. The molecule has 0 spiro atoms. The van der Waals surface area contributed by atoms with Crippen LogP contribution >= 0.6 is 11.3 Å². The van der Waals surface area contributed by atoms with Gasteiger partial charge in [0, 0.05) is 11.4 Å². The SMILES string of the molecule is CCOC(=O)Cc1csc(NC(=O)C(C)Oc2cccc(OC)c2)n1. The Morgan fingerprint density at radius 2 is 2.08 bits per heavy atom. The Bertz CT molecular complexity index is 731. The van der Waals surface area contributed by atoms with Crippen LogP contribution in [0.15, 0.2) is 29.6 Å². The second-order valence-electron chi connectivity index (χ2n) is 5.05. The topological polar surface area (TPSA) is 86.8 Å². The molecule has 7 nitrogen and oxygen atoms in total. The minimum atomic E-state index is -0.718. The van der Waals surface area contributed by atoms with E-state index in [2.05, 4.69) is 10.3 Å². The number of nitrogens with one attached hydrogen (secondary N) is 1. The van der Waals surface area contributed by atoms with Gasteiger partial charge in [0.05, 0.1) is 25.8 Å². The molecule has 0 saturated carbocycles. The molecule has 1 aromatic carbocycles. The van der Waals surface area contributed by atoms with E-state index in [1.807, 2.05) is 0 Å². The number of amides is 1. The standard InChI is InChI=1S/C17H20N2O5S/c1-4-23-15(20)8-12-10-25-17(18-12)19-16(21)11(2)24-14-7-5-6-13(9-14)22-3/h5-7,9-11H,4,8H2,1-3H3,(H,18,19,21). The average molecular weight is 364 g/mol. The van der Waals surface area contributed by atoms with Gasteiger partial charge in [-0.3, -0.25) is 14.9 Å². The number of thiazole rings is 1. The number of aromatic nitrogens is 1. The summed E-state index contributed by atoms with van der Waals surface area (Å²) in [6, 6.07) is 7.01. The van der Waals surface area contributed by atoms with Crippen LogP contribution in [0.4, 0.5) is 5.13 Å². The highest BCUT2D eigenvalue weighted by atomic mass is 32.1. The molecule has 1 N–H and O–H groups in total. The summed E-state index contributed by atoms with van der Waals surface area (Å²) < 4.78 is 15.6. The van der Waals surface area contributed by atoms with Crippen molar-refractivity contribution in [3.05, 3.63) is 35.3 Å². The number of benzene rings is 1. The molecule has 8 heteroatoms. The number of nitrogens with zero attached hydrogens (tertiary/aromatic N) is 1. The molecule has 0 aliphatic heterocycles. The van der Waals surface area contributed by atoms with E-state index >= 15 is 0 Å². The van der Waals surface area contributed by atoms with Gasteiger partial charge in [-0.05, 0) is 26.0 Å². The second-order valence-corrected chi connectivity index (χ2v) is 5.91. The largest absolute Gasteiger partial charge is 0.497 e. The van der Waals surface area contributed by atoms with Crippen molar-refractivity contribution in [3.8, 4) is 11.5 Å². The summed E-state index contributed by atoms with van der Waals surface area (Å²) >= 11 is 1.24. The number of esters is 1. The van der Waals surface area contributed by atoms with Crippen LogP contribution in [0.2, 0.25) is 0 Å². The monoisotopic (exact) mass is 364 g/mol. The van der Waals surface area contributed by atoms with Crippen molar-refractivity contribution in [2.45, 2.75) is 26.4 Å². The Morgan fingerprint density at radius 1 is 1.32 bits per heavy atom. The highest BCUT2D eigenvalue weighted by Crippen LogP contribution is 2.21. The Morgan fingerprint density at radius 3 is 2.80 bits per heavy atom. The van der Waals surface area contributed by atoms with E-state index in [0.717, 1.165) is 0 Å². The number of carbonyl (C=O) groups excluding carboxylic acids is 2. The van der Waals surface area contributed by atoms with Crippen molar-refractivity contribution in [3.63, 3.8) is 0 Å². The number of hydrogen-bond donors (Lipinski definition) is 1. The summed E-state index contributed by atoms with van der Waals surface area (Å²) in [6.45, 7) is 3.71. The van der Waals surface area contributed by atoms with Gasteiger partial charge in [0.15, 0.2) is 11.2 Å².